The van der Waals surface area contributed by atoms with Crippen molar-refractivity contribution in [2.75, 3.05) is 13.2 Å². The molecule has 0 aliphatic rings. The SMILES string of the molecule is CCNC(=S)N/N=C/c1cc(OCC)c(O)c([N+](=O)[O-])c1. The van der Waals surface area contributed by atoms with Gasteiger partial charge in [0.05, 0.1) is 17.7 Å². The highest BCUT2D eigenvalue weighted by Crippen LogP contribution is 2.36. The van der Waals surface area contributed by atoms with Gasteiger partial charge < -0.3 is 15.2 Å². The van der Waals surface area contributed by atoms with E-state index in [-0.39, 0.29) is 12.4 Å². The molecule has 0 aliphatic heterocycles. The lowest BCUT2D eigenvalue weighted by atomic mass is 10.2. The van der Waals surface area contributed by atoms with E-state index in [1.807, 2.05) is 6.92 Å². The summed E-state index contributed by atoms with van der Waals surface area (Å²) in [4.78, 5) is 10.2. The van der Waals surface area contributed by atoms with Crippen LogP contribution in [0.15, 0.2) is 17.2 Å². The smallest absolute Gasteiger partial charge is 0.315 e. The predicted octanol–water partition coefficient (Wildman–Crippen LogP) is 1.52. The second kappa shape index (κ2) is 8.00. The van der Waals surface area contributed by atoms with E-state index in [9.17, 15) is 15.2 Å². The molecule has 21 heavy (non-hydrogen) atoms. The molecule has 0 spiro atoms. The summed E-state index contributed by atoms with van der Waals surface area (Å²) in [5.74, 6) is -0.475. The van der Waals surface area contributed by atoms with Gasteiger partial charge in [-0.2, -0.15) is 5.10 Å². The number of thiocarbonyl (C=S) groups is 1. The number of nitrogens with one attached hydrogen (secondary N) is 2. The number of benzene rings is 1. The molecule has 0 saturated heterocycles. The van der Waals surface area contributed by atoms with Gasteiger partial charge in [-0.05, 0) is 32.1 Å². The lowest BCUT2D eigenvalue weighted by Gasteiger charge is -2.07. The Morgan fingerprint density at radius 2 is 2.29 bits per heavy atom. The Hall–Kier alpha value is -2.42. The zero-order chi connectivity index (χ0) is 15.8. The summed E-state index contributed by atoms with van der Waals surface area (Å²) < 4.78 is 5.16. The number of nitrogens with zero attached hydrogens (tertiary/aromatic N) is 2. The van der Waals surface area contributed by atoms with E-state index in [2.05, 4.69) is 15.8 Å². The van der Waals surface area contributed by atoms with Crippen molar-refractivity contribution in [1.29, 1.82) is 0 Å². The molecule has 0 fully saturated rings. The maximum absolute atomic E-state index is 10.9. The third kappa shape index (κ3) is 4.88. The highest BCUT2D eigenvalue weighted by molar-refractivity contribution is 7.80. The Morgan fingerprint density at radius 1 is 1.57 bits per heavy atom. The van der Waals surface area contributed by atoms with Crippen LogP contribution in [0, 0.1) is 10.1 Å². The molecule has 9 heteroatoms. The molecule has 114 valence electrons. The van der Waals surface area contributed by atoms with E-state index in [1.165, 1.54) is 18.3 Å². The number of phenols is 1. The number of nitro benzene ring substituents is 1. The van der Waals surface area contributed by atoms with Gasteiger partial charge in [0.25, 0.3) is 0 Å². The molecule has 3 N–H and O–H groups in total. The minimum absolute atomic E-state index is 0.0300. The molecule has 0 aliphatic carbocycles. The highest BCUT2D eigenvalue weighted by Gasteiger charge is 2.19. The fourth-order valence-corrected chi connectivity index (χ4v) is 1.66. The van der Waals surface area contributed by atoms with E-state index in [4.69, 9.17) is 17.0 Å². The van der Waals surface area contributed by atoms with E-state index < -0.39 is 16.4 Å². The molecule has 1 aromatic carbocycles. The van der Waals surface area contributed by atoms with Gasteiger partial charge in [0.2, 0.25) is 5.75 Å². The predicted molar refractivity (Wildman–Crippen MR) is 82.9 cm³/mol. The molecule has 0 aromatic heterocycles. The van der Waals surface area contributed by atoms with Gasteiger partial charge in [-0.15, -0.1) is 0 Å². The maximum atomic E-state index is 10.9. The van der Waals surface area contributed by atoms with Crippen LogP contribution in [-0.2, 0) is 0 Å². The van der Waals surface area contributed by atoms with Crippen molar-refractivity contribution in [3.63, 3.8) is 0 Å². The van der Waals surface area contributed by atoms with Gasteiger partial charge in [0, 0.05) is 18.2 Å². The Balaban J connectivity index is 2.99. The van der Waals surface area contributed by atoms with Crippen LogP contribution in [0.1, 0.15) is 19.4 Å². The maximum Gasteiger partial charge on any atom is 0.315 e. The highest BCUT2D eigenvalue weighted by atomic mass is 32.1. The third-order valence-electron chi connectivity index (χ3n) is 2.29. The van der Waals surface area contributed by atoms with Crippen molar-refractivity contribution in [3.05, 3.63) is 27.8 Å². The third-order valence-corrected chi connectivity index (χ3v) is 2.53. The minimum atomic E-state index is -0.689. The molecule has 8 nitrogen and oxygen atoms in total. The summed E-state index contributed by atoms with van der Waals surface area (Å²) >= 11 is 4.92. The molecule has 1 rings (SSSR count). The first-order valence-electron chi connectivity index (χ1n) is 6.20. The standard InChI is InChI=1S/C12H16N4O4S/c1-3-13-12(21)15-14-7-8-5-9(16(18)19)11(17)10(6-8)20-4-2/h5-7,17H,3-4H2,1-2H3,(H2,13,15,21)/b14-7+. The van der Waals surface area contributed by atoms with Crippen molar-refractivity contribution in [2.45, 2.75) is 13.8 Å². The number of phenolic OH excluding ortho intramolecular Hbond substituents is 1. The first kappa shape index (κ1) is 16.6. The van der Waals surface area contributed by atoms with Gasteiger partial charge >= 0.3 is 5.69 Å². The first-order chi connectivity index (χ1) is 9.99. The van der Waals surface area contributed by atoms with Crippen LogP contribution in [0.25, 0.3) is 0 Å². The molecule has 0 bridgehead atoms. The number of aromatic hydroxyl groups is 1. The van der Waals surface area contributed by atoms with Crippen molar-refractivity contribution >= 4 is 29.2 Å². The quantitative estimate of drug-likeness (QED) is 0.316. The zero-order valence-electron chi connectivity index (χ0n) is 11.6. The molecule has 0 amide bonds. The van der Waals surface area contributed by atoms with Crippen molar-refractivity contribution in [2.24, 2.45) is 5.10 Å². The molecule has 0 atom stereocenters. The molecule has 1 aromatic rings. The Bertz CT molecular complexity index is 562. The normalized spacial score (nSPS) is 10.4. The van der Waals surface area contributed by atoms with E-state index in [0.717, 1.165) is 0 Å². The number of ether oxygens (including phenoxy) is 1. The topological polar surface area (TPSA) is 109 Å². The van der Waals surface area contributed by atoms with Crippen LogP contribution >= 0.6 is 12.2 Å². The summed E-state index contributed by atoms with van der Waals surface area (Å²) in [6.45, 7) is 4.52. The van der Waals surface area contributed by atoms with Crippen LogP contribution in [0.2, 0.25) is 0 Å². The lowest BCUT2D eigenvalue weighted by Crippen LogP contribution is -2.31. The summed E-state index contributed by atoms with van der Waals surface area (Å²) in [5.41, 5.74) is 2.51. The van der Waals surface area contributed by atoms with Gasteiger partial charge in [-0.3, -0.25) is 15.5 Å². The lowest BCUT2D eigenvalue weighted by molar-refractivity contribution is -0.386. The van der Waals surface area contributed by atoms with Crippen LogP contribution in [0.5, 0.6) is 11.5 Å². The summed E-state index contributed by atoms with van der Waals surface area (Å²) in [6, 6.07) is 2.65. The molecule has 0 unspecified atom stereocenters. The van der Waals surface area contributed by atoms with Crippen LogP contribution in [0.3, 0.4) is 0 Å². The Morgan fingerprint density at radius 3 is 2.86 bits per heavy atom. The van der Waals surface area contributed by atoms with Crippen molar-refractivity contribution in [1.82, 2.24) is 10.7 Å². The number of hydrogen-bond acceptors (Lipinski definition) is 6. The average Bonchev–Trinajstić information content (AvgIpc) is 2.42. The largest absolute Gasteiger partial charge is 0.500 e. The summed E-state index contributed by atoms with van der Waals surface area (Å²) in [6.07, 6.45) is 1.35. The van der Waals surface area contributed by atoms with Crippen LogP contribution < -0.4 is 15.5 Å². The fourth-order valence-electron chi connectivity index (χ4n) is 1.46. The zero-order valence-corrected chi connectivity index (χ0v) is 12.4. The van der Waals surface area contributed by atoms with Gasteiger partial charge in [0.15, 0.2) is 10.9 Å². The fraction of sp³-hybridized carbons (Fsp3) is 0.333. The average molecular weight is 312 g/mol. The van der Waals surface area contributed by atoms with E-state index in [1.54, 1.807) is 6.92 Å². The van der Waals surface area contributed by atoms with Gasteiger partial charge in [0.1, 0.15) is 0 Å². The molecular formula is C12H16N4O4S. The molecule has 0 saturated carbocycles. The van der Waals surface area contributed by atoms with Gasteiger partial charge in [-0.25, -0.2) is 0 Å². The van der Waals surface area contributed by atoms with Crippen molar-refractivity contribution < 1.29 is 14.8 Å². The first-order valence-corrected chi connectivity index (χ1v) is 6.61. The second-order valence-corrected chi connectivity index (χ2v) is 4.21. The molecule has 0 heterocycles. The Labute approximate surface area is 127 Å². The van der Waals surface area contributed by atoms with E-state index in [0.29, 0.717) is 17.2 Å². The number of hydrogen-bond donors (Lipinski definition) is 3. The number of hydrazone groups is 1. The van der Waals surface area contributed by atoms with Crippen molar-refractivity contribution in [3.8, 4) is 11.5 Å². The summed E-state index contributed by atoms with van der Waals surface area (Å²) in [7, 11) is 0. The molecular weight excluding hydrogens is 296 g/mol. The van der Waals surface area contributed by atoms with Crippen LogP contribution in [0.4, 0.5) is 5.69 Å². The summed E-state index contributed by atoms with van der Waals surface area (Å²) in [5, 5.41) is 27.7. The monoisotopic (exact) mass is 312 g/mol. The Kier molecular flexibility index (Phi) is 6.34. The number of rotatable bonds is 6. The van der Waals surface area contributed by atoms with E-state index >= 15 is 0 Å². The number of nitro groups is 1. The minimum Gasteiger partial charge on any atom is -0.500 e. The van der Waals surface area contributed by atoms with Gasteiger partial charge in [-0.1, -0.05) is 0 Å². The molecule has 0 radical (unpaired) electrons. The second-order valence-electron chi connectivity index (χ2n) is 3.81. The van der Waals surface area contributed by atoms with Crippen LogP contribution in [-0.4, -0.2) is 34.5 Å².